The molecule has 7 heteroatoms. The summed E-state index contributed by atoms with van der Waals surface area (Å²) in [5.74, 6) is -1.27. The Morgan fingerprint density at radius 2 is 1.74 bits per heavy atom. The van der Waals surface area contributed by atoms with Gasteiger partial charge in [-0.3, -0.25) is 0 Å². The van der Waals surface area contributed by atoms with E-state index >= 15 is 0 Å². The molecule has 0 bridgehead atoms. The van der Waals surface area contributed by atoms with Crippen LogP contribution in [0.15, 0.2) is 0 Å². The Kier molecular flexibility index (Phi) is 7.20. The maximum atomic E-state index is 11.4. The zero-order valence-corrected chi connectivity index (χ0v) is 11.1. The van der Waals surface area contributed by atoms with Crippen LogP contribution in [-0.4, -0.2) is 65.9 Å². The van der Waals surface area contributed by atoms with Gasteiger partial charge < -0.3 is 25.7 Å². The van der Waals surface area contributed by atoms with Crippen LogP contribution in [0, 0.1) is 0 Å². The smallest absolute Gasteiger partial charge is 0.332 e. The summed E-state index contributed by atoms with van der Waals surface area (Å²) >= 11 is 0. The quantitative estimate of drug-likeness (QED) is 0.506. The maximum Gasteiger partial charge on any atom is 0.332 e. The number of aliphatic hydroxyl groups excluding tert-OH is 1. The van der Waals surface area contributed by atoms with Crippen LogP contribution in [0.1, 0.15) is 25.7 Å². The summed E-state index contributed by atoms with van der Waals surface area (Å²) < 4.78 is 0. The molecule has 4 N–H and O–H groups in total. The minimum atomic E-state index is -1.42. The van der Waals surface area contributed by atoms with Crippen LogP contribution < -0.4 is 10.6 Å². The Morgan fingerprint density at radius 3 is 2.37 bits per heavy atom. The molecule has 0 spiro atoms. The van der Waals surface area contributed by atoms with E-state index in [-0.39, 0.29) is 19.0 Å². The third kappa shape index (κ3) is 6.97. The summed E-state index contributed by atoms with van der Waals surface area (Å²) in [6, 6.07) is -0.324. The molecule has 0 aromatic rings. The van der Waals surface area contributed by atoms with Gasteiger partial charge in [-0.05, 0) is 25.9 Å². The molecule has 1 aliphatic heterocycles. The molecule has 1 aliphatic rings. The Hall–Kier alpha value is -1.34. The molecule has 110 valence electrons. The Balaban J connectivity index is 1.99. The van der Waals surface area contributed by atoms with Crippen LogP contribution in [0.2, 0.25) is 0 Å². The van der Waals surface area contributed by atoms with Gasteiger partial charge in [0.25, 0.3) is 0 Å². The van der Waals surface area contributed by atoms with Crippen molar-refractivity contribution >= 4 is 12.0 Å². The van der Waals surface area contributed by atoms with Crippen LogP contribution >= 0.6 is 0 Å². The number of nitrogens with zero attached hydrogens (tertiary/aromatic N) is 1. The molecule has 0 aromatic heterocycles. The van der Waals surface area contributed by atoms with Gasteiger partial charge in [-0.1, -0.05) is 6.42 Å². The molecule has 7 nitrogen and oxygen atoms in total. The molecule has 0 unspecified atom stereocenters. The van der Waals surface area contributed by atoms with Crippen LogP contribution in [0.3, 0.4) is 0 Å². The molecule has 0 aromatic carbocycles. The van der Waals surface area contributed by atoms with Gasteiger partial charge in [-0.25, -0.2) is 9.59 Å². The lowest BCUT2D eigenvalue weighted by Crippen LogP contribution is -2.42. The number of amides is 2. The number of rotatable bonds is 7. The monoisotopic (exact) mass is 273 g/mol. The fourth-order valence-electron chi connectivity index (χ4n) is 2.02. The molecule has 0 radical (unpaired) electrons. The number of piperidine rings is 1. The number of likely N-dealkylation sites (tertiary alicyclic amines) is 1. The molecule has 2 amide bonds. The molecule has 1 atom stereocenters. The van der Waals surface area contributed by atoms with E-state index in [4.69, 9.17) is 10.2 Å². The lowest BCUT2D eigenvalue weighted by Gasteiger charge is -2.26. The van der Waals surface area contributed by atoms with Gasteiger partial charge in [0.15, 0.2) is 6.10 Å². The first-order valence-electron chi connectivity index (χ1n) is 6.74. The minimum absolute atomic E-state index is 0.00881. The summed E-state index contributed by atoms with van der Waals surface area (Å²) in [6.07, 6.45) is 2.32. The van der Waals surface area contributed by atoms with Crippen molar-refractivity contribution in [2.24, 2.45) is 0 Å². The molecule has 1 heterocycles. The first kappa shape index (κ1) is 15.7. The molecule has 1 fully saturated rings. The summed E-state index contributed by atoms with van der Waals surface area (Å²) in [5.41, 5.74) is 0. The largest absolute Gasteiger partial charge is 0.479 e. The summed E-state index contributed by atoms with van der Waals surface area (Å²) in [7, 11) is 0. The normalized spacial score (nSPS) is 17.7. The molecule has 0 saturated carbocycles. The van der Waals surface area contributed by atoms with Crippen molar-refractivity contribution in [1.82, 2.24) is 15.5 Å². The number of nitrogens with one attached hydrogen (secondary N) is 2. The number of carbonyl (C=O) groups excluding carboxylic acids is 1. The van der Waals surface area contributed by atoms with Crippen molar-refractivity contribution in [3.05, 3.63) is 0 Å². The summed E-state index contributed by atoms with van der Waals surface area (Å²) in [4.78, 5) is 24.0. The van der Waals surface area contributed by atoms with E-state index in [1.54, 1.807) is 0 Å². The summed E-state index contributed by atoms with van der Waals surface area (Å²) in [5, 5.41) is 22.7. The van der Waals surface area contributed by atoms with Crippen molar-refractivity contribution < 1.29 is 19.8 Å². The van der Waals surface area contributed by atoms with Crippen LogP contribution in [0.5, 0.6) is 0 Å². The van der Waals surface area contributed by atoms with Gasteiger partial charge in [-0.2, -0.15) is 0 Å². The number of urea groups is 1. The van der Waals surface area contributed by atoms with Crippen molar-refractivity contribution in [1.29, 1.82) is 0 Å². The number of aliphatic hydroxyl groups is 1. The second-order valence-electron chi connectivity index (χ2n) is 4.73. The van der Waals surface area contributed by atoms with Crippen molar-refractivity contribution in [2.75, 3.05) is 32.7 Å². The van der Waals surface area contributed by atoms with Gasteiger partial charge in [0.1, 0.15) is 0 Å². The van der Waals surface area contributed by atoms with E-state index in [0.29, 0.717) is 6.54 Å². The van der Waals surface area contributed by atoms with Crippen molar-refractivity contribution in [3.63, 3.8) is 0 Å². The van der Waals surface area contributed by atoms with Gasteiger partial charge in [-0.15, -0.1) is 0 Å². The highest BCUT2D eigenvalue weighted by Gasteiger charge is 2.13. The average Bonchev–Trinajstić information content (AvgIpc) is 2.39. The van der Waals surface area contributed by atoms with E-state index in [0.717, 1.165) is 19.6 Å². The molecular formula is C12H23N3O4. The predicted molar refractivity (Wildman–Crippen MR) is 70.0 cm³/mol. The minimum Gasteiger partial charge on any atom is -0.479 e. The number of hydrogen-bond acceptors (Lipinski definition) is 4. The Morgan fingerprint density at radius 1 is 1.11 bits per heavy atom. The van der Waals surface area contributed by atoms with Gasteiger partial charge in [0, 0.05) is 26.1 Å². The van der Waals surface area contributed by atoms with E-state index in [1.807, 2.05) is 0 Å². The van der Waals surface area contributed by atoms with E-state index in [2.05, 4.69) is 15.5 Å². The van der Waals surface area contributed by atoms with Crippen LogP contribution in [-0.2, 0) is 4.79 Å². The zero-order valence-electron chi connectivity index (χ0n) is 11.1. The number of aliphatic carboxylic acids is 1. The lowest BCUT2D eigenvalue weighted by atomic mass is 10.1. The fourth-order valence-corrected chi connectivity index (χ4v) is 2.02. The second-order valence-corrected chi connectivity index (χ2v) is 4.73. The molecule has 1 rings (SSSR count). The number of carbonyl (C=O) groups is 2. The van der Waals surface area contributed by atoms with Crippen molar-refractivity contribution in [2.45, 2.75) is 31.8 Å². The number of carboxylic acids is 1. The topological polar surface area (TPSA) is 102 Å². The van der Waals surface area contributed by atoms with E-state index < -0.39 is 12.1 Å². The van der Waals surface area contributed by atoms with E-state index in [9.17, 15) is 9.59 Å². The number of hydrogen-bond donors (Lipinski definition) is 4. The Bertz CT molecular complexity index is 293. The molecule has 1 saturated heterocycles. The highest BCUT2D eigenvalue weighted by Crippen LogP contribution is 2.07. The fraction of sp³-hybridized carbons (Fsp3) is 0.833. The third-order valence-corrected chi connectivity index (χ3v) is 3.15. The maximum absolute atomic E-state index is 11.4. The van der Waals surface area contributed by atoms with Crippen molar-refractivity contribution in [3.8, 4) is 0 Å². The predicted octanol–water partition coefficient (Wildman–Crippen LogP) is -0.393. The SMILES string of the molecule is O=C(NCC[C@H](O)C(=O)O)NCCN1CCCCC1. The Labute approximate surface area is 113 Å². The average molecular weight is 273 g/mol. The summed E-state index contributed by atoms with van der Waals surface area (Å²) in [6.45, 7) is 3.74. The van der Waals surface area contributed by atoms with Gasteiger partial charge >= 0.3 is 12.0 Å². The van der Waals surface area contributed by atoms with Gasteiger partial charge in [0.05, 0.1) is 0 Å². The molecule has 0 aliphatic carbocycles. The second kappa shape index (κ2) is 8.71. The highest BCUT2D eigenvalue weighted by atomic mass is 16.4. The lowest BCUT2D eigenvalue weighted by molar-refractivity contribution is -0.146. The van der Waals surface area contributed by atoms with Crippen LogP contribution in [0.25, 0.3) is 0 Å². The van der Waals surface area contributed by atoms with E-state index in [1.165, 1.54) is 19.3 Å². The van der Waals surface area contributed by atoms with Crippen LogP contribution in [0.4, 0.5) is 4.79 Å². The third-order valence-electron chi connectivity index (χ3n) is 3.15. The first-order valence-corrected chi connectivity index (χ1v) is 6.74. The van der Waals surface area contributed by atoms with Gasteiger partial charge in [0.2, 0.25) is 0 Å². The zero-order chi connectivity index (χ0) is 14.1. The highest BCUT2D eigenvalue weighted by molar-refractivity contribution is 5.74. The first-order chi connectivity index (χ1) is 9.09. The number of carboxylic acid groups (broad SMARTS) is 1. The molecule has 19 heavy (non-hydrogen) atoms. The molecular weight excluding hydrogens is 250 g/mol. The standard InChI is InChI=1S/C12H23N3O4/c16-10(11(17)18)4-5-13-12(19)14-6-9-15-7-2-1-3-8-15/h10,16H,1-9H2,(H,17,18)(H2,13,14,19)/t10-/m0/s1.